The van der Waals surface area contributed by atoms with E-state index in [-0.39, 0.29) is 5.91 Å². The zero-order valence-corrected chi connectivity index (χ0v) is 9.32. The van der Waals surface area contributed by atoms with Crippen molar-refractivity contribution in [3.05, 3.63) is 35.9 Å². The minimum atomic E-state index is -0.442. The zero-order chi connectivity index (χ0) is 11.8. The van der Waals surface area contributed by atoms with Crippen LogP contribution in [0, 0.1) is 0 Å². The maximum Gasteiger partial charge on any atom is 0.321 e. The van der Waals surface area contributed by atoms with Crippen LogP contribution in [-0.2, 0) is 0 Å². The molecule has 0 aliphatic rings. The minimum Gasteiger partial charge on any atom is -0.338 e. The summed E-state index contributed by atoms with van der Waals surface area (Å²) < 4.78 is 0. The van der Waals surface area contributed by atoms with Gasteiger partial charge in [0.05, 0.1) is 0 Å². The van der Waals surface area contributed by atoms with E-state index in [1.807, 2.05) is 13.0 Å². The van der Waals surface area contributed by atoms with Crippen molar-refractivity contribution in [2.24, 2.45) is 0 Å². The first-order valence-corrected chi connectivity index (χ1v) is 5.38. The molecule has 0 aliphatic heterocycles. The molecule has 0 radical (unpaired) electrons. The molecular formula is C12H16N2O2. The van der Waals surface area contributed by atoms with Gasteiger partial charge in [-0.3, -0.25) is 10.1 Å². The van der Waals surface area contributed by atoms with Crippen LogP contribution in [0.5, 0.6) is 0 Å². The summed E-state index contributed by atoms with van der Waals surface area (Å²) >= 11 is 0. The highest BCUT2D eigenvalue weighted by Crippen LogP contribution is 1.97. The molecular weight excluding hydrogens is 204 g/mol. The van der Waals surface area contributed by atoms with Crippen molar-refractivity contribution < 1.29 is 9.59 Å². The van der Waals surface area contributed by atoms with Crippen molar-refractivity contribution in [3.8, 4) is 0 Å². The third kappa shape index (κ3) is 4.13. The number of carbonyl (C=O) groups excluding carboxylic acids is 2. The van der Waals surface area contributed by atoms with Gasteiger partial charge in [0.1, 0.15) is 0 Å². The quantitative estimate of drug-likeness (QED) is 0.762. The molecule has 0 aliphatic carbocycles. The molecule has 1 aromatic carbocycles. The second-order valence-corrected chi connectivity index (χ2v) is 3.43. The highest BCUT2D eigenvalue weighted by molar-refractivity contribution is 6.04. The molecule has 4 nitrogen and oxygen atoms in total. The highest BCUT2D eigenvalue weighted by atomic mass is 16.2. The third-order valence-corrected chi connectivity index (χ3v) is 2.08. The second-order valence-electron chi connectivity index (χ2n) is 3.43. The molecule has 3 amide bonds. The fourth-order valence-corrected chi connectivity index (χ4v) is 1.19. The van der Waals surface area contributed by atoms with Crippen LogP contribution in [0.2, 0.25) is 0 Å². The Hall–Kier alpha value is -1.84. The lowest BCUT2D eigenvalue weighted by molar-refractivity contribution is 0.0964. The minimum absolute atomic E-state index is 0.380. The first-order chi connectivity index (χ1) is 7.74. The standard InChI is InChI=1S/C12H16N2O2/c1-2-3-9-13-12(16)14-11(15)10-7-5-4-6-8-10/h4-8H,2-3,9H2,1H3,(H2,13,14,15,16). The van der Waals surface area contributed by atoms with E-state index in [2.05, 4.69) is 10.6 Å². The van der Waals surface area contributed by atoms with Crippen LogP contribution in [0.3, 0.4) is 0 Å². The van der Waals surface area contributed by atoms with Gasteiger partial charge in [0.2, 0.25) is 0 Å². The van der Waals surface area contributed by atoms with Crippen molar-refractivity contribution in [3.63, 3.8) is 0 Å². The van der Waals surface area contributed by atoms with Gasteiger partial charge >= 0.3 is 6.03 Å². The molecule has 86 valence electrons. The number of urea groups is 1. The smallest absolute Gasteiger partial charge is 0.321 e. The molecule has 0 bridgehead atoms. The molecule has 0 saturated heterocycles. The van der Waals surface area contributed by atoms with Gasteiger partial charge in [-0.2, -0.15) is 0 Å². The molecule has 2 N–H and O–H groups in total. The van der Waals surface area contributed by atoms with E-state index in [9.17, 15) is 9.59 Å². The van der Waals surface area contributed by atoms with Crippen LogP contribution >= 0.6 is 0 Å². The van der Waals surface area contributed by atoms with Crippen LogP contribution in [0.15, 0.2) is 30.3 Å². The number of carbonyl (C=O) groups is 2. The van der Waals surface area contributed by atoms with E-state index < -0.39 is 6.03 Å². The average Bonchev–Trinajstić information content (AvgIpc) is 2.30. The molecule has 0 spiro atoms. The summed E-state index contributed by atoms with van der Waals surface area (Å²) in [5.74, 6) is -0.380. The average molecular weight is 220 g/mol. The van der Waals surface area contributed by atoms with Gasteiger partial charge < -0.3 is 5.32 Å². The summed E-state index contributed by atoms with van der Waals surface area (Å²) in [5, 5.41) is 4.88. The van der Waals surface area contributed by atoms with Gasteiger partial charge in [-0.25, -0.2) is 4.79 Å². The number of amides is 3. The molecule has 16 heavy (non-hydrogen) atoms. The number of imide groups is 1. The van der Waals surface area contributed by atoms with Crippen LogP contribution in [0.4, 0.5) is 4.79 Å². The molecule has 0 unspecified atom stereocenters. The molecule has 1 aromatic rings. The van der Waals surface area contributed by atoms with Crippen molar-refractivity contribution >= 4 is 11.9 Å². The highest BCUT2D eigenvalue weighted by Gasteiger charge is 2.08. The van der Waals surface area contributed by atoms with Crippen molar-refractivity contribution in [2.45, 2.75) is 19.8 Å². The normalized spacial score (nSPS) is 9.56. The lowest BCUT2D eigenvalue weighted by atomic mass is 10.2. The van der Waals surface area contributed by atoms with Crippen LogP contribution in [0.25, 0.3) is 0 Å². The fourth-order valence-electron chi connectivity index (χ4n) is 1.19. The van der Waals surface area contributed by atoms with Gasteiger partial charge in [0.25, 0.3) is 5.91 Å². The first kappa shape index (κ1) is 12.2. The molecule has 1 rings (SSSR count). The Morgan fingerprint density at radius 2 is 1.88 bits per heavy atom. The molecule has 4 heteroatoms. The Balaban J connectivity index is 2.37. The zero-order valence-electron chi connectivity index (χ0n) is 9.32. The summed E-state index contributed by atoms with van der Waals surface area (Å²) in [6.07, 6.45) is 1.92. The summed E-state index contributed by atoms with van der Waals surface area (Å²) in [4.78, 5) is 22.8. The molecule has 0 atom stereocenters. The summed E-state index contributed by atoms with van der Waals surface area (Å²) in [6.45, 7) is 2.62. The Morgan fingerprint density at radius 3 is 2.50 bits per heavy atom. The monoisotopic (exact) mass is 220 g/mol. The van der Waals surface area contributed by atoms with E-state index >= 15 is 0 Å². The Kier molecular flexibility index (Phi) is 5.05. The maximum atomic E-state index is 11.5. The first-order valence-electron chi connectivity index (χ1n) is 5.38. The predicted molar refractivity (Wildman–Crippen MR) is 62.2 cm³/mol. The van der Waals surface area contributed by atoms with Crippen molar-refractivity contribution in [2.75, 3.05) is 6.54 Å². The Morgan fingerprint density at radius 1 is 1.19 bits per heavy atom. The topological polar surface area (TPSA) is 58.2 Å². The second kappa shape index (κ2) is 6.61. The maximum absolute atomic E-state index is 11.5. The summed E-state index contributed by atoms with van der Waals surface area (Å²) in [7, 11) is 0. The van der Waals surface area contributed by atoms with E-state index in [0.717, 1.165) is 12.8 Å². The summed E-state index contributed by atoms with van der Waals surface area (Å²) in [5.41, 5.74) is 0.480. The molecule has 0 saturated carbocycles. The molecule has 0 fully saturated rings. The van der Waals surface area contributed by atoms with Crippen molar-refractivity contribution in [1.29, 1.82) is 0 Å². The lowest BCUT2D eigenvalue weighted by Gasteiger charge is -2.05. The number of nitrogens with one attached hydrogen (secondary N) is 2. The van der Waals surface area contributed by atoms with E-state index in [4.69, 9.17) is 0 Å². The van der Waals surface area contributed by atoms with Crippen molar-refractivity contribution in [1.82, 2.24) is 10.6 Å². The fraction of sp³-hybridized carbons (Fsp3) is 0.333. The number of benzene rings is 1. The molecule has 0 heterocycles. The van der Waals surface area contributed by atoms with Gasteiger partial charge in [-0.1, -0.05) is 31.5 Å². The van der Waals surface area contributed by atoms with E-state index in [0.29, 0.717) is 12.1 Å². The Bertz CT molecular complexity index is 349. The van der Waals surface area contributed by atoms with E-state index in [1.165, 1.54) is 0 Å². The summed E-state index contributed by atoms with van der Waals surface area (Å²) in [6, 6.07) is 8.21. The van der Waals surface area contributed by atoms with Crippen LogP contribution < -0.4 is 10.6 Å². The SMILES string of the molecule is CCCCNC(=O)NC(=O)c1ccccc1. The molecule has 0 aromatic heterocycles. The van der Waals surface area contributed by atoms with Crippen LogP contribution in [0.1, 0.15) is 30.1 Å². The number of hydrogen-bond donors (Lipinski definition) is 2. The number of unbranched alkanes of at least 4 members (excludes halogenated alkanes) is 1. The number of rotatable bonds is 4. The largest absolute Gasteiger partial charge is 0.338 e. The number of hydrogen-bond acceptors (Lipinski definition) is 2. The van der Waals surface area contributed by atoms with E-state index in [1.54, 1.807) is 24.3 Å². The Labute approximate surface area is 95.0 Å². The predicted octanol–water partition coefficient (Wildman–Crippen LogP) is 1.93. The van der Waals surface area contributed by atoms with Gasteiger partial charge in [-0.05, 0) is 18.6 Å². The van der Waals surface area contributed by atoms with Crippen LogP contribution in [-0.4, -0.2) is 18.5 Å². The van der Waals surface area contributed by atoms with Gasteiger partial charge in [0.15, 0.2) is 0 Å². The third-order valence-electron chi connectivity index (χ3n) is 2.08. The van der Waals surface area contributed by atoms with Gasteiger partial charge in [-0.15, -0.1) is 0 Å². The van der Waals surface area contributed by atoms with Gasteiger partial charge in [0, 0.05) is 12.1 Å². The lowest BCUT2D eigenvalue weighted by Crippen LogP contribution is -2.39.